The van der Waals surface area contributed by atoms with Gasteiger partial charge in [-0.15, -0.1) is 0 Å². The van der Waals surface area contributed by atoms with Crippen molar-refractivity contribution < 1.29 is 14.1 Å². The molecule has 2 heterocycles. The monoisotopic (exact) mass is 499 g/mol. The molecule has 1 atom stereocenters. The lowest BCUT2D eigenvalue weighted by molar-refractivity contribution is -0.384. The molecule has 1 aromatic heterocycles. The van der Waals surface area contributed by atoms with E-state index in [1.807, 2.05) is 13.8 Å². The van der Waals surface area contributed by atoms with Gasteiger partial charge in [0.15, 0.2) is 5.43 Å². The number of non-ortho nitro benzene ring substituents is 1. The lowest BCUT2D eigenvalue weighted by Crippen LogP contribution is -2.37. The molecule has 0 radical (unpaired) electrons. The smallest absolute Gasteiger partial charge is 0.290 e. The molecular formula is C23H22BrN3O5. The van der Waals surface area contributed by atoms with Crippen molar-refractivity contribution in [3.8, 4) is 0 Å². The van der Waals surface area contributed by atoms with E-state index in [9.17, 15) is 19.7 Å². The van der Waals surface area contributed by atoms with E-state index in [4.69, 9.17) is 4.42 Å². The molecule has 0 N–H and O–H groups in total. The fraction of sp³-hybridized carbons (Fsp3) is 0.304. The molecule has 9 heteroatoms. The molecule has 0 saturated heterocycles. The summed E-state index contributed by atoms with van der Waals surface area (Å²) in [7, 11) is 0. The summed E-state index contributed by atoms with van der Waals surface area (Å²) in [4.78, 5) is 41.5. The van der Waals surface area contributed by atoms with Gasteiger partial charge >= 0.3 is 0 Å². The number of fused-ring (bicyclic) bond motifs is 2. The molecule has 166 valence electrons. The number of likely N-dealkylation sites (N-methyl/N-ethyl adjacent to an activating group) is 1. The molecule has 0 bridgehead atoms. The first kappa shape index (κ1) is 22.2. The van der Waals surface area contributed by atoms with Gasteiger partial charge in [-0.05, 0) is 36.9 Å². The quantitative estimate of drug-likeness (QED) is 0.354. The number of rotatable bonds is 7. The molecule has 4 rings (SSSR count). The van der Waals surface area contributed by atoms with Gasteiger partial charge in [0.2, 0.25) is 5.76 Å². The van der Waals surface area contributed by atoms with E-state index in [1.165, 1.54) is 12.1 Å². The van der Waals surface area contributed by atoms with Crippen LogP contribution in [0.1, 0.15) is 41.6 Å². The highest BCUT2D eigenvalue weighted by Gasteiger charge is 2.43. The highest BCUT2D eigenvalue weighted by Crippen LogP contribution is 2.39. The second-order valence-corrected chi connectivity index (χ2v) is 8.51. The fourth-order valence-corrected chi connectivity index (χ4v) is 4.53. The van der Waals surface area contributed by atoms with Crippen LogP contribution in [0, 0.1) is 10.1 Å². The first-order chi connectivity index (χ1) is 15.3. The van der Waals surface area contributed by atoms with E-state index in [0.29, 0.717) is 34.1 Å². The Labute approximate surface area is 192 Å². The van der Waals surface area contributed by atoms with Gasteiger partial charge in [0, 0.05) is 29.7 Å². The Bertz CT molecular complexity index is 1270. The van der Waals surface area contributed by atoms with E-state index in [2.05, 4.69) is 20.8 Å². The standard InChI is InChI=1S/C23H22BrN3O5/c1-3-25(4-2)10-11-26-20(14-6-5-7-16(12-14)27(30)31)19-21(28)17-13-15(24)8-9-18(17)32-22(19)23(26)29/h5-9,12-13,20H,3-4,10-11H2,1-2H3/t20-/m1/s1. The first-order valence-electron chi connectivity index (χ1n) is 10.4. The average Bonchev–Trinajstić information content (AvgIpc) is 3.07. The molecule has 0 aliphatic carbocycles. The van der Waals surface area contributed by atoms with Crippen molar-refractivity contribution in [3.63, 3.8) is 0 Å². The van der Waals surface area contributed by atoms with Crippen LogP contribution < -0.4 is 5.43 Å². The topological polar surface area (TPSA) is 96.9 Å². The van der Waals surface area contributed by atoms with Gasteiger partial charge in [-0.25, -0.2) is 0 Å². The average molecular weight is 500 g/mol. The summed E-state index contributed by atoms with van der Waals surface area (Å²) in [6, 6.07) is 10.4. The summed E-state index contributed by atoms with van der Waals surface area (Å²) in [5.74, 6) is -0.383. The number of amides is 1. The molecule has 0 fully saturated rings. The molecule has 3 aromatic rings. The van der Waals surface area contributed by atoms with E-state index < -0.39 is 11.0 Å². The lowest BCUT2D eigenvalue weighted by atomic mass is 9.98. The van der Waals surface area contributed by atoms with Crippen molar-refractivity contribution in [3.05, 3.63) is 84.2 Å². The van der Waals surface area contributed by atoms with Crippen LogP contribution in [0.3, 0.4) is 0 Å². The minimum absolute atomic E-state index is 0.000811. The van der Waals surface area contributed by atoms with Gasteiger partial charge in [-0.1, -0.05) is 41.9 Å². The van der Waals surface area contributed by atoms with Crippen molar-refractivity contribution in [2.24, 2.45) is 0 Å². The van der Waals surface area contributed by atoms with E-state index in [-0.39, 0.29) is 28.3 Å². The minimum atomic E-state index is -0.757. The van der Waals surface area contributed by atoms with Gasteiger partial charge in [0.05, 0.1) is 21.9 Å². The van der Waals surface area contributed by atoms with Crippen LogP contribution in [-0.2, 0) is 0 Å². The van der Waals surface area contributed by atoms with Crippen LogP contribution in [0.15, 0.2) is 56.1 Å². The molecule has 1 aliphatic rings. The Balaban J connectivity index is 1.90. The number of hydrogen-bond donors (Lipinski definition) is 0. The van der Waals surface area contributed by atoms with Crippen molar-refractivity contribution in [1.29, 1.82) is 0 Å². The number of halogens is 1. The number of carbonyl (C=O) groups excluding carboxylic acids is 1. The van der Waals surface area contributed by atoms with Crippen molar-refractivity contribution in [2.75, 3.05) is 26.2 Å². The van der Waals surface area contributed by atoms with Gasteiger partial charge in [0.25, 0.3) is 11.6 Å². The predicted molar refractivity (Wildman–Crippen MR) is 124 cm³/mol. The molecule has 0 spiro atoms. The fourth-order valence-electron chi connectivity index (χ4n) is 4.17. The Morgan fingerprint density at radius 3 is 2.59 bits per heavy atom. The summed E-state index contributed by atoms with van der Waals surface area (Å²) < 4.78 is 6.63. The summed E-state index contributed by atoms with van der Waals surface area (Å²) >= 11 is 3.37. The Morgan fingerprint density at radius 2 is 1.91 bits per heavy atom. The summed E-state index contributed by atoms with van der Waals surface area (Å²) in [6.07, 6.45) is 0. The Hall–Kier alpha value is -3.04. The highest BCUT2D eigenvalue weighted by atomic mass is 79.9. The molecule has 0 unspecified atom stereocenters. The van der Waals surface area contributed by atoms with Crippen LogP contribution in [0.4, 0.5) is 5.69 Å². The van der Waals surface area contributed by atoms with E-state index in [0.717, 1.165) is 13.1 Å². The maximum Gasteiger partial charge on any atom is 0.290 e. The largest absolute Gasteiger partial charge is 0.450 e. The molecule has 2 aromatic carbocycles. The Morgan fingerprint density at radius 1 is 1.16 bits per heavy atom. The minimum Gasteiger partial charge on any atom is -0.450 e. The third-order valence-corrected chi connectivity index (χ3v) is 6.37. The molecule has 8 nitrogen and oxygen atoms in total. The summed E-state index contributed by atoms with van der Waals surface area (Å²) in [5, 5.41) is 11.7. The predicted octanol–water partition coefficient (Wildman–Crippen LogP) is 4.35. The van der Waals surface area contributed by atoms with E-state index in [1.54, 1.807) is 35.2 Å². The van der Waals surface area contributed by atoms with Crippen LogP contribution >= 0.6 is 15.9 Å². The number of hydrogen-bond acceptors (Lipinski definition) is 6. The zero-order valence-electron chi connectivity index (χ0n) is 17.7. The summed E-state index contributed by atoms with van der Waals surface area (Å²) in [6.45, 7) is 6.69. The third kappa shape index (κ3) is 3.82. The molecule has 0 saturated carbocycles. The van der Waals surface area contributed by atoms with Crippen molar-refractivity contribution in [1.82, 2.24) is 9.80 Å². The maximum absolute atomic E-state index is 13.5. The number of nitrogens with zero attached hydrogens (tertiary/aromatic N) is 3. The lowest BCUT2D eigenvalue weighted by Gasteiger charge is -2.28. The SMILES string of the molecule is CCN(CC)CCN1C(=O)c2oc3ccc(Br)cc3c(=O)c2[C@H]1c1cccc([N+](=O)[O-])c1. The van der Waals surface area contributed by atoms with Gasteiger partial charge in [-0.2, -0.15) is 0 Å². The van der Waals surface area contributed by atoms with Crippen LogP contribution in [0.2, 0.25) is 0 Å². The second kappa shape index (κ2) is 8.84. The van der Waals surface area contributed by atoms with Crippen LogP contribution in [0.25, 0.3) is 11.0 Å². The maximum atomic E-state index is 13.5. The number of nitro benzene ring substituents is 1. The molecule has 32 heavy (non-hydrogen) atoms. The van der Waals surface area contributed by atoms with E-state index >= 15 is 0 Å². The highest BCUT2D eigenvalue weighted by molar-refractivity contribution is 9.10. The zero-order chi connectivity index (χ0) is 23.0. The third-order valence-electron chi connectivity index (χ3n) is 5.88. The summed E-state index contributed by atoms with van der Waals surface area (Å²) in [5.41, 5.74) is 0.652. The Kier molecular flexibility index (Phi) is 6.12. The first-order valence-corrected chi connectivity index (χ1v) is 11.2. The van der Waals surface area contributed by atoms with Crippen molar-refractivity contribution in [2.45, 2.75) is 19.9 Å². The van der Waals surface area contributed by atoms with Gasteiger partial charge in [-0.3, -0.25) is 19.7 Å². The van der Waals surface area contributed by atoms with Crippen LogP contribution in [-0.4, -0.2) is 46.8 Å². The zero-order valence-corrected chi connectivity index (χ0v) is 19.3. The number of benzene rings is 2. The van der Waals surface area contributed by atoms with Crippen molar-refractivity contribution >= 4 is 38.5 Å². The van der Waals surface area contributed by atoms with Gasteiger partial charge in [0.1, 0.15) is 5.58 Å². The second-order valence-electron chi connectivity index (χ2n) is 7.59. The molecular weight excluding hydrogens is 478 g/mol. The molecule has 1 amide bonds. The van der Waals surface area contributed by atoms with Gasteiger partial charge < -0.3 is 14.2 Å². The van der Waals surface area contributed by atoms with Crippen LogP contribution in [0.5, 0.6) is 0 Å². The number of carbonyl (C=O) groups is 1. The molecule has 1 aliphatic heterocycles. The number of nitro groups is 1. The normalized spacial score (nSPS) is 15.6.